The maximum absolute atomic E-state index is 12.2. The molecular weight excluding hydrogens is 288 g/mol. The van der Waals surface area contributed by atoms with E-state index in [0.29, 0.717) is 17.2 Å². The second kappa shape index (κ2) is 5.65. The second-order valence-electron chi connectivity index (χ2n) is 4.51. The highest BCUT2D eigenvalue weighted by molar-refractivity contribution is 5.95. The molecule has 0 fully saturated rings. The van der Waals surface area contributed by atoms with Crippen molar-refractivity contribution in [2.75, 3.05) is 0 Å². The Morgan fingerprint density at radius 3 is 2.59 bits per heavy atom. The number of rotatable bonds is 4. The maximum Gasteiger partial charge on any atom is 0.328 e. The number of furan rings is 2. The minimum Gasteiger partial charge on any atom is -0.478 e. The van der Waals surface area contributed by atoms with Crippen molar-refractivity contribution in [2.24, 2.45) is 0 Å². The van der Waals surface area contributed by atoms with Crippen LogP contribution in [-0.4, -0.2) is 22.0 Å². The minimum atomic E-state index is -1.19. The molecule has 0 saturated carbocycles. The summed E-state index contributed by atoms with van der Waals surface area (Å²) in [6, 6.07) is 6.42. The third-order valence-corrected chi connectivity index (χ3v) is 3.07. The molecule has 1 aliphatic heterocycles. The van der Waals surface area contributed by atoms with E-state index in [-0.39, 0.29) is 0 Å². The summed E-state index contributed by atoms with van der Waals surface area (Å²) in [6.07, 6.45) is 6.56. The molecule has 0 radical (unpaired) electrons. The fourth-order valence-electron chi connectivity index (χ4n) is 2.12. The summed E-state index contributed by atoms with van der Waals surface area (Å²) in [5, 5.41) is 9.91. The highest BCUT2D eigenvalue weighted by Crippen LogP contribution is 2.31. The van der Waals surface area contributed by atoms with Gasteiger partial charge in [0, 0.05) is 12.2 Å². The zero-order chi connectivity index (χ0) is 15.5. The van der Waals surface area contributed by atoms with Crippen molar-refractivity contribution >= 4 is 17.6 Å². The van der Waals surface area contributed by atoms with Gasteiger partial charge in [0.2, 0.25) is 0 Å². The zero-order valence-corrected chi connectivity index (χ0v) is 11.3. The number of nitrogens with one attached hydrogen (secondary N) is 1. The Morgan fingerprint density at radius 2 is 1.95 bits per heavy atom. The molecule has 0 aliphatic carbocycles. The van der Waals surface area contributed by atoms with Crippen LogP contribution in [0.3, 0.4) is 0 Å². The molecule has 7 heteroatoms. The molecule has 112 valence electrons. The van der Waals surface area contributed by atoms with Crippen molar-refractivity contribution in [3.8, 4) is 0 Å². The lowest BCUT2D eigenvalue weighted by Gasteiger charge is -2.22. The van der Waals surface area contributed by atoms with Gasteiger partial charge in [-0.05, 0) is 30.3 Å². The lowest BCUT2D eigenvalue weighted by molar-refractivity contribution is -0.133. The highest BCUT2D eigenvalue weighted by atomic mass is 16.4. The van der Waals surface area contributed by atoms with Crippen LogP contribution in [0.1, 0.15) is 17.6 Å². The van der Waals surface area contributed by atoms with E-state index in [1.807, 2.05) is 0 Å². The van der Waals surface area contributed by atoms with Crippen LogP contribution in [0.4, 0.5) is 0 Å². The van der Waals surface area contributed by atoms with Gasteiger partial charge >= 0.3 is 5.97 Å². The molecule has 3 rings (SSSR count). The summed E-state index contributed by atoms with van der Waals surface area (Å²) in [6.45, 7) is 0. The molecule has 1 aliphatic rings. The predicted octanol–water partition coefficient (Wildman–Crippen LogP) is 1.94. The van der Waals surface area contributed by atoms with Crippen LogP contribution in [0.5, 0.6) is 0 Å². The number of carboxylic acid groups (broad SMARTS) is 1. The highest BCUT2D eigenvalue weighted by Gasteiger charge is 2.32. The lowest BCUT2D eigenvalue weighted by atomic mass is 10.2. The van der Waals surface area contributed by atoms with Gasteiger partial charge in [0.05, 0.1) is 18.2 Å². The van der Waals surface area contributed by atoms with E-state index < -0.39 is 17.9 Å². The summed E-state index contributed by atoms with van der Waals surface area (Å²) < 4.78 is 10.6. The van der Waals surface area contributed by atoms with Crippen molar-refractivity contribution in [1.82, 2.24) is 10.4 Å². The quantitative estimate of drug-likeness (QED) is 0.838. The van der Waals surface area contributed by atoms with Gasteiger partial charge in [0.25, 0.3) is 5.91 Å². The van der Waals surface area contributed by atoms with Crippen LogP contribution in [0.25, 0.3) is 5.70 Å². The fraction of sp³-hybridized carbons (Fsp3) is 0.0667. The monoisotopic (exact) mass is 300 g/mol. The average molecular weight is 300 g/mol. The number of aliphatic carboxylic acids is 1. The van der Waals surface area contributed by atoms with E-state index in [1.165, 1.54) is 17.5 Å². The van der Waals surface area contributed by atoms with E-state index in [9.17, 15) is 9.59 Å². The Labute approximate surface area is 125 Å². The van der Waals surface area contributed by atoms with E-state index in [2.05, 4.69) is 5.43 Å². The van der Waals surface area contributed by atoms with Crippen LogP contribution in [0.2, 0.25) is 0 Å². The van der Waals surface area contributed by atoms with Crippen molar-refractivity contribution in [3.05, 3.63) is 66.5 Å². The predicted molar refractivity (Wildman–Crippen MR) is 74.9 cm³/mol. The summed E-state index contributed by atoms with van der Waals surface area (Å²) in [4.78, 5) is 22.7. The van der Waals surface area contributed by atoms with Crippen molar-refractivity contribution in [2.45, 2.75) is 6.04 Å². The van der Waals surface area contributed by atoms with Crippen LogP contribution in [0, 0.1) is 0 Å². The Hall–Kier alpha value is -3.22. The van der Waals surface area contributed by atoms with Crippen molar-refractivity contribution < 1.29 is 23.5 Å². The van der Waals surface area contributed by atoms with E-state index in [0.717, 1.165) is 12.2 Å². The first kappa shape index (κ1) is 13.7. The van der Waals surface area contributed by atoms with Gasteiger partial charge < -0.3 is 13.9 Å². The normalized spacial score (nSPS) is 17.5. The molecule has 22 heavy (non-hydrogen) atoms. The molecule has 2 N–H and O–H groups in total. The number of hydrogen-bond donors (Lipinski definition) is 2. The molecule has 2 aromatic heterocycles. The summed E-state index contributed by atoms with van der Waals surface area (Å²) >= 11 is 0. The number of nitrogens with zero attached hydrogens (tertiary/aromatic N) is 1. The van der Waals surface area contributed by atoms with Gasteiger partial charge in [0.1, 0.15) is 11.8 Å². The van der Waals surface area contributed by atoms with Gasteiger partial charge in [-0.1, -0.05) is 0 Å². The van der Waals surface area contributed by atoms with E-state index in [4.69, 9.17) is 13.9 Å². The van der Waals surface area contributed by atoms with Crippen molar-refractivity contribution in [1.29, 1.82) is 0 Å². The SMILES string of the molecule is O=C(O)C=CC(=O)N1NC(c2ccco2)=C[C@@H]1c1ccco1. The first-order chi connectivity index (χ1) is 10.6. The molecule has 0 spiro atoms. The summed E-state index contributed by atoms with van der Waals surface area (Å²) in [5.41, 5.74) is 3.50. The summed E-state index contributed by atoms with van der Waals surface area (Å²) in [5.74, 6) is -0.594. The number of carbonyl (C=O) groups excluding carboxylic acids is 1. The van der Waals surface area contributed by atoms with Gasteiger partial charge in [-0.2, -0.15) is 0 Å². The van der Waals surface area contributed by atoms with Gasteiger partial charge in [-0.15, -0.1) is 0 Å². The van der Waals surface area contributed by atoms with Crippen LogP contribution in [-0.2, 0) is 9.59 Å². The first-order valence-corrected chi connectivity index (χ1v) is 6.45. The molecule has 2 aromatic rings. The standard InChI is InChI=1S/C15H12N2O5/c18-14(5-6-15(19)20)17-11(13-4-2-8-22-13)9-10(16-17)12-3-1-7-21-12/h1-9,11,16H,(H,19,20)/t11-/m1/s1. The third-order valence-electron chi connectivity index (χ3n) is 3.07. The first-order valence-electron chi connectivity index (χ1n) is 6.45. The number of amides is 1. The summed E-state index contributed by atoms with van der Waals surface area (Å²) in [7, 11) is 0. The molecule has 0 saturated heterocycles. The maximum atomic E-state index is 12.2. The number of carboxylic acids is 1. The van der Waals surface area contributed by atoms with Crippen LogP contribution >= 0.6 is 0 Å². The number of hydrogen-bond acceptors (Lipinski definition) is 5. The molecule has 1 amide bonds. The van der Waals surface area contributed by atoms with Crippen molar-refractivity contribution in [3.63, 3.8) is 0 Å². The van der Waals surface area contributed by atoms with Gasteiger partial charge in [-0.3, -0.25) is 10.2 Å². The topological polar surface area (TPSA) is 95.9 Å². The third kappa shape index (κ3) is 2.64. The average Bonchev–Trinajstić information content (AvgIpc) is 3.23. The Kier molecular flexibility index (Phi) is 3.53. The molecule has 1 atom stereocenters. The number of carbonyl (C=O) groups is 2. The van der Waals surface area contributed by atoms with Crippen LogP contribution < -0.4 is 5.43 Å². The minimum absolute atomic E-state index is 0.499. The Bertz CT molecular complexity index is 728. The largest absolute Gasteiger partial charge is 0.478 e. The molecular formula is C15H12N2O5. The molecule has 0 unspecified atom stereocenters. The van der Waals surface area contributed by atoms with Crippen LogP contribution in [0.15, 0.2) is 63.9 Å². The smallest absolute Gasteiger partial charge is 0.328 e. The Morgan fingerprint density at radius 1 is 1.18 bits per heavy atom. The van der Waals surface area contributed by atoms with Gasteiger partial charge in [0.15, 0.2) is 5.76 Å². The molecule has 0 bridgehead atoms. The molecule has 7 nitrogen and oxygen atoms in total. The second-order valence-corrected chi connectivity index (χ2v) is 4.51. The molecule has 3 heterocycles. The lowest BCUT2D eigenvalue weighted by Crippen LogP contribution is -2.38. The number of hydrazine groups is 1. The van der Waals surface area contributed by atoms with Gasteiger partial charge in [-0.25, -0.2) is 9.80 Å². The van der Waals surface area contributed by atoms with E-state index >= 15 is 0 Å². The Balaban J connectivity index is 1.89. The molecule has 0 aromatic carbocycles. The van der Waals surface area contributed by atoms with E-state index in [1.54, 1.807) is 30.3 Å². The fourth-order valence-corrected chi connectivity index (χ4v) is 2.12. The zero-order valence-electron chi connectivity index (χ0n) is 11.3.